The second-order valence-corrected chi connectivity index (χ2v) is 4.59. The molecule has 1 unspecified atom stereocenters. The molecule has 3 N–H and O–H groups in total. The zero-order valence-electron chi connectivity index (χ0n) is 12.1. The van der Waals surface area contributed by atoms with Gasteiger partial charge in [-0.15, -0.1) is 0 Å². The number of amides is 2. The molecule has 0 aliphatic rings. The first kappa shape index (κ1) is 15.8. The molecule has 5 heteroatoms. The lowest BCUT2D eigenvalue weighted by molar-refractivity contribution is -0.133. The minimum absolute atomic E-state index is 0.113. The maximum Gasteiger partial charge on any atom is 0.244 e. The number of anilines is 1. The third-order valence-corrected chi connectivity index (χ3v) is 2.92. The molecule has 0 fully saturated rings. The van der Waals surface area contributed by atoms with Crippen molar-refractivity contribution in [1.29, 1.82) is 0 Å². The van der Waals surface area contributed by atoms with Gasteiger partial charge in [-0.25, -0.2) is 0 Å². The first-order valence-electron chi connectivity index (χ1n) is 6.53. The molecule has 20 heavy (non-hydrogen) atoms. The Labute approximate surface area is 119 Å². The summed E-state index contributed by atoms with van der Waals surface area (Å²) in [5.41, 5.74) is 7.13. The molecule has 0 saturated heterocycles. The fraction of sp³-hybridized carbons (Fsp3) is 0.333. The van der Waals surface area contributed by atoms with Crippen molar-refractivity contribution in [2.75, 3.05) is 19.3 Å². The molecular weight excluding hydrogens is 254 g/mol. The summed E-state index contributed by atoms with van der Waals surface area (Å²) in [4.78, 5) is 25.1. The molecule has 1 aromatic rings. The summed E-state index contributed by atoms with van der Waals surface area (Å²) in [6.45, 7) is 4.16. The summed E-state index contributed by atoms with van der Waals surface area (Å²) in [5.74, 6) is -0.420. The Kier molecular flexibility index (Phi) is 5.77. The molecule has 1 rings (SSSR count). The second kappa shape index (κ2) is 7.33. The van der Waals surface area contributed by atoms with E-state index in [0.717, 1.165) is 5.56 Å². The van der Waals surface area contributed by atoms with Crippen LogP contribution < -0.4 is 11.1 Å². The predicted octanol–water partition coefficient (Wildman–Crippen LogP) is 1.26. The first-order chi connectivity index (χ1) is 9.43. The zero-order chi connectivity index (χ0) is 15.1. The SMILES string of the molecule is CCN(C)C(=O)C(C)NC(=O)/C=C/c1cccc(N)c1. The van der Waals surface area contributed by atoms with Crippen molar-refractivity contribution in [3.8, 4) is 0 Å². The Morgan fingerprint density at radius 1 is 1.45 bits per heavy atom. The summed E-state index contributed by atoms with van der Waals surface area (Å²) in [6, 6.07) is 6.66. The molecule has 0 radical (unpaired) electrons. The van der Waals surface area contributed by atoms with Gasteiger partial charge >= 0.3 is 0 Å². The molecule has 0 heterocycles. The normalized spacial score (nSPS) is 12.2. The van der Waals surface area contributed by atoms with Crippen LogP contribution in [-0.4, -0.2) is 36.3 Å². The van der Waals surface area contributed by atoms with Gasteiger partial charge in [-0.05, 0) is 37.6 Å². The Balaban J connectivity index is 2.57. The third-order valence-electron chi connectivity index (χ3n) is 2.92. The number of benzene rings is 1. The van der Waals surface area contributed by atoms with Gasteiger partial charge in [0.15, 0.2) is 0 Å². The lowest BCUT2D eigenvalue weighted by Crippen LogP contribution is -2.44. The van der Waals surface area contributed by atoms with Gasteiger partial charge in [-0.1, -0.05) is 12.1 Å². The van der Waals surface area contributed by atoms with Gasteiger partial charge in [-0.2, -0.15) is 0 Å². The number of likely N-dealkylation sites (N-methyl/N-ethyl adjacent to an activating group) is 1. The van der Waals surface area contributed by atoms with Gasteiger partial charge in [0.1, 0.15) is 6.04 Å². The van der Waals surface area contributed by atoms with E-state index in [9.17, 15) is 9.59 Å². The number of hydrogen-bond acceptors (Lipinski definition) is 3. The lowest BCUT2D eigenvalue weighted by atomic mass is 10.2. The highest BCUT2D eigenvalue weighted by molar-refractivity contribution is 5.95. The average molecular weight is 275 g/mol. The minimum atomic E-state index is -0.544. The second-order valence-electron chi connectivity index (χ2n) is 4.59. The van der Waals surface area contributed by atoms with Crippen LogP contribution in [0.15, 0.2) is 30.3 Å². The van der Waals surface area contributed by atoms with E-state index in [0.29, 0.717) is 12.2 Å². The van der Waals surface area contributed by atoms with Crippen molar-refractivity contribution in [2.45, 2.75) is 19.9 Å². The standard InChI is InChI=1S/C15H21N3O2/c1-4-18(3)15(20)11(2)17-14(19)9-8-12-6-5-7-13(16)10-12/h5-11H,4,16H2,1-3H3,(H,17,19)/b9-8+. The van der Waals surface area contributed by atoms with Crippen molar-refractivity contribution in [2.24, 2.45) is 0 Å². The fourth-order valence-corrected chi connectivity index (χ4v) is 1.64. The van der Waals surface area contributed by atoms with Crippen molar-refractivity contribution in [1.82, 2.24) is 10.2 Å². The summed E-state index contributed by atoms with van der Waals surface area (Å²) < 4.78 is 0. The monoisotopic (exact) mass is 275 g/mol. The molecule has 0 aliphatic carbocycles. The van der Waals surface area contributed by atoms with Crippen LogP contribution in [0, 0.1) is 0 Å². The van der Waals surface area contributed by atoms with Crippen molar-refractivity contribution < 1.29 is 9.59 Å². The maximum absolute atomic E-state index is 11.8. The number of nitrogen functional groups attached to an aromatic ring is 1. The van der Waals surface area contributed by atoms with Gasteiger partial charge in [0.2, 0.25) is 11.8 Å². The minimum Gasteiger partial charge on any atom is -0.399 e. The number of rotatable bonds is 5. The lowest BCUT2D eigenvalue weighted by Gasteiger charge is -2.19. The Bertz CT molecular complexity index is 512. The topological polar surface area (TPSA) is 75.4 Å². The molecule has 1 aromatic carbocycles. The Morgan fingerprint density at radius 2 is 2.15 bits per heavy atom. The van der Waals surface area contributed by atoms with Crippen LogP contribution >= 0.6 is 0 Å². The molecule has 0 aliphatic heterocycles. The van der Waals surface area contributed by atoms with E-state index in [1.807, 2.05) is 19.1 Å². The summed E-state index contributed by atoms with van der Waals surface area (Å²) >= 11 is 0. The zero-order valence-corrected chi connectivity index (χ0v) is 12.1. The summed E-state index contributed by atoms with van der Waals surface area (Å²) in [5, 5.41) is 2.63. The van der Waals surface area contributed by atoms with E-state index in [2.05, 4.69) is 5.32 Å². The van der Waals surface area contributed by atoms with Gasteiger partial charge < -0.3 is 16.0 Å². The molecule has 2 amide bonds. The van der Waals surface area contributed by atoms with Crippen LogP contribution in [0.1, 0.15) is 19.4 Å². The summed E-state index contributed by atoms with van der Waals surface area (Å²) in [7, 11) is 1.70. The van der Waals surface area contributed by atoms with Crippen molar-refractivity contribution in [3.63, 3.8) is 0 Å². The first-order valence-corrected chi connectivity index (χ1v) is 6.53. The van der Waals surface area contributed by atoms with E-state index in [4.69, 9.17) is 5.73 Å². The summed E-state index contributed by atoms with van der Waals surface area (Å²) in [6.07, 6.45) is 3.05. The molecule has 1 atom stereocenters. The molecule has 0 spiro atoms. The number of nitrogens with two attached hydrogens (primary N) is 1. The molecule has 0 saturated carbocycles. The van der Waals surface area contributed by atoms with E-state index in [1.165, 1.54) is 6.08 Å². The quantitative estimate of drug-likeness (QED) is 0.627. The predicted molar refractivity (Wildman–Crippen MR) is 80.8 cm³/mol. The number of nitrogens with one attached hydrogen (secondary N) is 1. The van der Waals surface area contributed by atoms with Crippen LogP contribution in [0.2, 0.25) is 0 Å². The van der Waals surface area contributed by atoms with E-state index in [1.54, 1.807) is 37.1 Å². The molecule has 0 bridgehead atoms. The third kappa shape index (κ3) is 4.76. The fourth-order valence-electron chi connectivity index (χ4n) is 1.64. The molecule has 5 nitrogen and oxygen atoms in total. The number of carbonyl (C=O) groups excluding carboxylic acids is 2. The van der Waals surface area contributed by atoms with Crippen LogP contribution in [-0.2, 0) is 9.59 Å². The van der Waals surface area contributed by atoms with E-state index < -0.39 is 6.04 Å². The van der Waals surface area contributed by atoms with Crippen molar-refractivity contribution >= 4 is 23.6 Å². The van der Waals surface area contributed by atoms with E-state index >= 15 is 0 Å². The maximum atomic E-state index is 11.8. The largest absolute Gasteiger partial charge is 0.399 e. The Hall–Kier alpha value is -2.30. The van der Waals surface area contributed by atoms with Gasteiger partial charge in [0.25, 0.3) is 0 Å². The van der Waals surface area contributed by atoms with Crippen molar-refractivity contribution in [3.05, 3.63) is 35.9 Å². The van der Waals surface area contributed by atoms with Gasteiger partial charge in [-0.3, -0.25) is 9.59 Å². The Morgan fingerprint density at radius 3 is 2.75 bits per heavy atom. The van der Waals surface area contributed by atoms with Crippen LogP contribution in [0.4, 0.5) is 5.69 Å². The molecular formula is C15H21N3O2. The molecule has 108 valence electrons. The highest BCUT2D eigenvalue weighted by Gasteiger charge is 2.17. The highest BCUT2D eigenvalue weighted by Crippen LogP contribution is 2.07. The number of carbonyl (C=O) groups is 2. The number of nitrogens with zero attached hydrogens (tertiary/aromatic N) is 1. The van der Waals surface area contributed by atoms with Crippen LogP contribution in [0.3, 0.4) is 0 Å². The number of hydrogen-bond donors (Lipinski definition) is 2. The average Bonchev–Trinajstić information content (AvgIpc) is 2.43. The highest BCUT2D eigenvalue weighted by atomic mass is 16.2. The molecule has 0 aromatic heterocycles. The van der Waals surface area contributed by atoms with Gasteiger partial charge in [0, 0.05) is 25.4 Å². The van der Waals surface area contributed by atoms with Crippen LogP contribution in [0.5, 0.6) is 0 Å². The van der Waals surface area contributed by atoms with Crippen LogP contribution in [0.25, 0.3) is 6.08 Å². The smallest absolute Gasteiger partial charge is 0.244 e. The van der Waals surface area contributed by atoms with E-state index in [-0.39, 0.29) is 11.8 Å². The van der Waals surface area contributed by atoms with Gasteiger partial charge in [0.05, 0.1) is 0 Å².